The smallest absolute Gasteiger partial charge is 0.410 e. The number of ether oxygens (including phenoxy) is 1. The van der Waals surface area contributed by atoms with Crippen LogP contribution < -0.4 is 0 Å². The first-order valence-electron chi connectivity index (χ1n) is 8.00. The van der Waals surface area contributed by atoms with Gasteiger partial charge in [-0.3, -0.25) is 9.59 Å². The van der Waals surface area contributed by atoms with Gasteiger partial charge in [0.25, 0.3) is 0 Å². The van der Waals surface area contributed by atoms with E-state index in [0.29, 0.717) is 32.6 Å². The Labute approximate surface area is 132 Å². The van der Waals surface area contributed by atoms with Crippen molar-refractivity contribution in [3.63, 3.8) is 0 Å². The van der Waals surface area contributed by atoms with Gasteiger partial charge >= 0.3 is 6.09 Å². The van der Waals surface area contributed by atoms with Crippen LogP contribution >= 0.6 is 0 Å². The molecule has 2 amide bonds. The van der Waals surface area contributed by atoms with Crippen LogP contribution in [0.3, 0.4) is 0 Å². The largest absolute Gasteiger partial charge is 0.444 e. The first-order chi connectivity index (χ1) is 10.2. The van der Waals surface area contributed by atoms with Crippen molar-refractivity contribution in [1.29, 1.82) is 0 Å². The lowest BCUT2D eigenvalue weighted by atomic mass is 10.1. The number of nitrogens with zero attached hydrogens (tertiary/aromatic N) is 2. The second-order valence-electron chi connectivity index (χ2n) is 6.67. The highest BCUT2D eigenvalue weighted by molar-refractivity contribution is 5.98. The molecule has 1 heterocycles. The van der Waals surface area contributed by atoms with Crippen molar-refractivity contribution in [2.45, 2.75) is 59.0 Å². The Bertz CT molecular complexity index is 407. The highest BCUT2D eigenvalue weighted by Crippen LogP contribution is 2.12. The molecule has 0 unspecified atom stereocenters. The van der Waals surface area contributed by atoms with Gasteiger partial charge < -0.3 is 14.5 Å². The summed E-state index contributed by atoms with van der Waals surface area (Å²) in [6, 6.07) is 0. The van der Waals surface area contributed by atoms with E-state index in [9.17, 15) is 14.4 Å². The lowest BCUT2D eigenvalue weighted by molar-refractivity contribution is -0.136. The highest BCUT2D eigenvalue weighted by atomic mass is 16.6. The van der Waals surface area contributed by atoms with Crippen molar-refractivity contribution in [3.05, 3.63) is 0 Å². The van der Waals surface area contributed by atoms with Crippen LogP contribution in [0.4, 0.5) is 4.79 Å². The molecule has 0 radical (unpaired) electrons. The molecular formula is C16H28N2O4. The zero-order chi connectivity index (χ0) is 16.8. The summed E-state index contributed by atoms with van der Waals surface area (Å²) in [5, 5.41) is 0. The van der Waals surface area contributed by atoms with Crippen molar-refractivity contribution in [2.75, 3.05) is 26.2 Å². The summed E-state index contributed by atoms with van der Waals surface area (Å²) in [7, 11) is 0. The first kappa shape index (κ1) is 18.5. The fourth-order valence-electron chi connectivity index (χ4n) is 2.21. The molecule has 0 atom stereocenters. The number of Topliss-reactive ketones (excluding diaryl/α,β-unsaturated/α-hetero) is 1. The van der Waals surface area contributed by atoms with E-state index in [0.717, 1.165) is 12.8 Å². The molecule has 1 aliphatic rings. The SMILES string of the molecule is CCCCC(=O)CC(=O)N1CCN(C(=O)OC(C)(C)C)CC1. The van der Waals surface area contributed by atoms with E-state index in [1.165, 1.54) is 0 Å². The molecule has 22 heavy (non-hydrogen) atoms. The van der Waals surface area contributed by atoms with Crippen molar-refractivity contribution >= 4 is 17.8 Å². The molecule has 6 nitrogen and oxygen atoms in total. The van der Waals surface area contributed by atoms with E-state index in [4.69, 9.17) is 4.74 Å². The predicted molar refractivity (Wildman–Crippen MR) is 83.5 cm³/mol. The van der Waals surface area contributed by atoms with E-state index in [-0.39, 0.29) is 24.2 Å². The summed E-state index contributed by atoms with van der Waals surface area (Å²) in [5.74, 6) is -0.133. The monoisotopic (exact) mass is 312 g/mol. The Balaban J connectivity index is 2.37. The van der Waals surface area contributed by atoms with E-state index in [2.05, 4.69) is 0 Å². The molecule has 6 heteroatoms. The quantitative estimate of drug-likeness (QED) is 0.730. The maximum absolute atomic E-state index is 12.0. The predicted octanol–water partition coefficient (Wildman–Crippen LogP) is 2.22. The number of piperazine rings is 1. The van der Waals surface area contributed by atoms with Crippen molar-refractivity contribution in [3.8, 4) is 0 Å². The van der Waals surface area contributed by atoms with Crippen LogP contribution in [0.15, 0.2) is 0 Å². The van der Waals surface area contributed by atoms with Gasteiger partial charge in [-0.05, 0) is 27.2 Å². The van der Waals surface area contributed by atoms with Crippen molar-refractivity contribution < 1.29 is 19.1 Å². The molecule has 0 N–H and O–H groups in total. The fraction of sp³-hybridized carbons (Fsp3) is 0.812. The van der Waals surface area contributed by atoms with E-state index in [1.807, 2.05) is 27.7 Å². The van der Waals surface area contributed by atoms with Crippen LogP contribution in [0, 0.1) is 0 Å². The van der Waals surface area contributed by atoms with Gasteiger partial charge in [0, 0.05) is 32.6 Å². The molecule has 1 rings (SSSR count). The second kappa shape index (κ2) is 8.15. The Kier molecular flexibility index (Phi) is 6.84. The van der Waals surface area contributed by atoms with E-state index < -0.39 is 5.60 Å². The van der Waals surface area contributed by atoms with Crippen LogP contribution in [0.25, 0.3) is 0 Å². The normalized spacial score (nSPS) is 15.6. The number of amides is 2. The van der Waals surface area contributed by atoms with Crippen LogP contribution in [0.5, 0.6) is 0 Å². The summed E-state index contributed by atoms with van der Waals surface area (Å²) in [4.78, 5) is 38.9. The fourth-order valence-corrected chi connectivity index (χ4v) is 2.21. The number of rotatable bonds is 5. The number of carbonyl (C=O) groups excluding carboxylic acids is 3. The Hall–Kier alpha value is -1.59. The summed E-state index contributed by atoms with van der Waals surface area (Å²) < 4.78 is 5.31. The van der Waals surface area contributed by atoms with Gasteiger partial charge in [-0.1, -0.05) is 13.3 Å². The Morgan fingerprint density at radius 3 is 2.05 bits per heavy atom. The lowest BCUT2D eigenvalue weighted by Gasteiger charge is -2.35. The molecule has 1 saturated heterocycles. The maximum Gasteiger partial charge on any atom is 0.410 e. The average Bonchev–Trinajstić information content (AvgIpc) is 2.43. The van der Waals surface area contributed by atoms with Gasteiger partial charge in [0.2, 0.25) is 5.91 Å². The summed E-state index contributed by atoms with van der Waals surface area (Å²) in [6.45, 7) is 9.31. The zero-order valence-corrected chi connectivity index (χ0v) is 14.2. The number of carbonyl (C=O) groups is 3. The molecule has 0 aliphatic carbocycles. The molecule has 0 aromatic carbocycles. The topological polar surface area (TPSA) is 66.9 Å². The van der Waals surface area contributed by atoms with E-state index >= 15 is 0 Å². The number of unbranched alkanes of at least 4 members (excludes halogenated alkanes) is 1. The highest BCUT2D eigenvalue weighted by Gasteiger charge is 2.28. The summed E-state index contributed by atoms with van der Waals surface area (Å²) >= 11 is 0. The molecule has 126 valence electrons. The molecule has 1 aliphatic heterocycles. The van der Waals surface area contributed by atoms with Gasteiger partial charge in [-0.15, -0.1) is 0 Å². The lowest BCUT2D eigenvalue weighted by Crippen LogP contribution is -2.51. The van der Waals surface area contributed by atoms with Crippen molar-refractivity contribution in [1.82, 2.24) is 9.80 Å². The third kappa shape index (κ3) is 6.45. The number of ketones is 1. The number of hydrogen-bond donors (Lipinski definition) is 0. The Morgan fingerprint density at radius 2 is 1.55 bits per heavy atom. The average molecular weight is 312 g/mol. The molecule has 0 aromatic rings. The molecule has 1 fully saturated rings. The first-order valence-corrected chi connectivity index (χ1v) is 8.00. The van der Waals surface area contributed by atoms with Crippen LogP contribution in [0.1, 0.15) is 53.4 Å². The minimum Gasteiger partial charge on any atom is -0.444 e. The van der Waals surface area contributed by atoms with Gasteiger partial charge in [0.15, 0.2) is 0 Å². The molecule has 0 saturated carbocycles. The van der Waals surface area contributed by atoms with Crippen LogP contribution in [-0.4, -0.2) is 59.4 Å². The van der Waals surface area contributed by atoms with Crippen LogP contribution in [-0.2, 0) is 14.3 Å². The molecule has 0 aromatic heterocycles. The van der Waals surface area contributed by atoms with E-state index in [1.54, 1.807) is 9.80 Å². The minimum absolute atomic E-state index is 0.00132. The molecular weight excluding hydrogens is 284 g/mol. The Morgan fingerprint density at radius 1 is 1.00 bits per heavy atom. The van der Waals surface area contributed by atoms with Gasteiger partial charge in [0.05, 0.1) is 6.42 Å². The molecule has 0 bridgehead atoms. The maximum atomic E-state index is 12.0. The van der Waals surface area contributed by atoms with Gasteiger partial charge in [-0.25, -0.2) is 4.79 Å². The van der Waals surface area contributed by atoms with Crippen molar-refractivity contribution in [2.24, 2.45) is 0 Å². The van der Waals surface area contributed by atoms with Gasteiger partial charge in [0.1, 0.15) is 11.4 Å². The number of hydrogen-bond acceptors (Lipinski definition) is 4. The summed E-state index contributed by atoms with van der Waals surface area (Å²) in [6.07, 6.45) is 1.89. The zero-order valence-electron chi connectivity index (χ0n) is 14.2. The minimum atomic E-state index is -0.518. The third-order valence-corrected chi connectivity index (χ3v) is 3.44. The molecule has 0 spiro atoms. The van der Waals surface area contributed by atoms with Crippen LogP contribution in [0.2, 0.25) is 0 Å². The van der Waals surface area contributed by atoms with Gasteiger partial charge in [-0.2, -0.15) is 0 Å². The summed E-state index contributed by atoms with van der Waals surface area (Å²) in [5.41, 5.74) is -0.518. The standard InChI is InChI=1S/C16H28N2O4/c1-5-6-7-13(19)12-14(20)17-8-10-18(11-9-17)15(21)22-16(2,3)4/h5-12H2,1-4H3. The second-order valence-corrected chi connectivity index (χ2v) is 6.67. The third-order valence-electron chi connectivity index (χ3n) is 3.44.